The molecule has 0 saturated heterocycles. The standard InChI is InChI=1S/C16H18N2O3/c1-2-21-15-9-5-7-13(16(15)20)11-18-17-10-12-6-3-4-8-14(12)19/h3-9,11,17,19-20H,2,10H2,1H3. The molecule has 2 aromatic carbocycles. The number of ether oxygens (including phenoxy) is 1. The number of aromatic hydroxyl groups is 2. The fourth-order valence-electron chi connectivity index (χ4n) is 1.82. The fraction of sp³-hybridized carbons (Fsp3) is 0.188. The van der Waals surface area contributed by atoms with E-state index in [2.05, 4.69) is 10.5 Å². The van der Waals surface area contributed by atoms with Crippen molar-refractivity contribution in [2.24, 2.45) is 5.10 Å². The Kier molecular flexibility index (Phi) is 5.04. The van der Waals surface area contributed by atoms with Gasteiger partial charge in [0.15, 0.2) is 11.5 Å². The predicted octanol–water partition coefficient (Wildman–Crippen LogP) is 2.62. The van der Waals surface area contributed by atoms with E-state index in [9.17, 15) is 10.2 Å². The maximum atomic E-state index is 10.00. The lowest BCUT2D eigenvalue weighted by molar-refractivity contribution is 0.318. The van der Waals surface area contributed by atoms with Crippen LogP contribution < -0.4 is 10.2 Å². The smallest absolute Gasteiger partial charge is 0.166 e. The molecular formula is C16H18N2O3. The number of benzene rings is 2. The number of hydrogen-bond acceptors (Lipinski definition) is 5. The minimum atomic E-state index is 0.0625. The summed E-state index contributed by atoms with van der Waals surface area (Å²) in [5.41, 5.74) is 4.14. The molecule has 0 bridgehead atoms. The number of nitrogens with one attached hydrogen (secondary N) is 1. The summed E-state index contributed by atoms with van der Waals surface area (Å²) in [5, 5.41) is 23.7. The Morgan fingerprint density at radius 2 is 1.95 bits per heavy atom. The topological polar surface area (TPSA) is 74.1 Å². The lowest BCUT2D eigenvalue weighted by Crippen LogP contribution is -2.05. The Balaban J connectivity index is 1.99. The molecule has 0 unspecified atom stereocenters. The van der Waals surface area contributed by atoms with Crippen molar-refractivity contribution in [1.29, 1.82) is 0 Å². The summed E-state index contributed by atoms with van der Waals surface area (Å²) in [6.45, 7) is 2.74. The molecule has 2 aromatic rings. The number of nitrogens with zero attached hydrogens (tertiary/aromatic N) is 1. The number of para-hydroxylation sites is 2. The summed E-state index contributed by atoms with van der Waals surface area (Å²) in [6.07, 6.45) is 1.51. The average Bonchev–Trinajstić information content (AvgIpc) is 2.49. The van der Waals surface area contributed by atoms with E-state index in [0.29, 0.717) is 24.5 Å². The van der Waals surface area contributed by atoms with Crippen molar-refractivity contribution in [1.82, 2.24) is 5.43 Å². The van der Waals surface area contributed by atoms with Crippen LogP contribution in [-0.2, 0) is 6.54 Å². The van der Waals surface area contributed by atoms with E-state index in [1.165, 1.54) is 6.21 Å². The maximum absolute atomic E-state index is 10.00. The van der Waals surface area contributed by atoms with Gasteiger partial charge in [-0.3, -0.25) is 0 Å². The van der Waals surface area contributed by atoms with Gasteiger partial charge in [-0.1, -0.05) is 24.3 Å². The van der Waals surface area contributed by atoms with Gasteiger partial charge in [0.05, 0.1) is 19.4 Å². The summed E-state index contributed by atoms with van der Waals surface area (Å²) in [7, 11) is 0. The zero-order valence-corrected chi connectivity index (χ0v) is 11.8. The van der Waals surface area contributed by atoms with E-state index in [1.54, 1.807) is 30.3 Å². The van der Waals surface area contributed by atoms with Crippen molar-refractivity contribution in [3.05, 3.63) is 53.6 Å². The Bertz CT molecular complexity index is 627. The molecule has 5 heteroatoms. The molecule has 21 heavy (non-hydrogen) atoms. The number of hydrogen-bond donors (Lipinski definition) is 3. The minimum Gasteiger partial charge on any atom is -0.508 e. The van der Waals surface area contributed by atoms with Crippen LogP contribution in [0.1, 0.15) is 18.1 Å². The lowest BCUT2D eigenvalue weighted by atomic mass is 10.2. The molecule has 0 aliphatic carbocycles. The van der Waals surface area contributed by atoms with E-state index < -0.39 is 0 Å². The van der Waals surface area contributed by atoms with Crippen molar-refractivity contribution in [2.45, 2.75) is 13.5 Å². The van der Waals surface area contributed by atoms with Crippen LogP contribution in [0.3, 0.4) is 0 Å². The van der Waals surface area contributed by atoms with Crippen LogP contribution in [0.2, 0.25) is 0 Å². The normalized spacial score (nSPS) is 10.7. The number of phenolic OH excluding ortho intramolecular Hbond substituents is 2. The van der Waals surface area contributed by atoms with Crippen LogP contribution in [0.25, 0.3) is 0 Å². The monoisotopic (exact) mass is 286 g/mol. The van der Waals surface area contributed by atoms with Gasteiger partial charge in [0.1, 0.15) is 5.75 Å². The lowest BCUT2D eigenvalue weighted by Gasteiger charge is -2.07. The zero-order valence-electron chi connectivity index (χ0n) is 11.8. The van der Waals surface area contributed by atoms with E-state index in [1.807, 2.05) is 19.1 Å². The van der Waals surface area contributed by atoms with Crippen molar-refractivity contribution in [3.63, 3.8) is 0 Å². The molecule has 0 spiro atoms. The number of phenols is 2. The Morgan fingerprint density at radius 3 is 2.71 bits per heavy atom. The van der Waals surface area contributed by atoms with Crippen molar-refractivity contribution in [3.8, 4) is 17.2 Å². The van der Waals surface area contributed by atoms with Crippen LogP contribution >= 0.6 is 0 Å². The second kappa shape index (κ2) is 7.19. The summed E-state index contributed by atoms with van der Waals surface area (Å²) in [6, 6.07) is 12.3. The molecule has 0 saturated carbocycles. The van der Waals surface area contributed by atoms with E-state index in [4.69, 9.17) is 4.74 Å². The van der Waals surface area contributed by atoms with Gasteiger partial charge in [-0.2, -0.15) is 5.10 Å². The first-order chi connectivity index (χ1) is 10.2. The van der Waals surface area contributed by atoms with Gasteiger partial charge in [0.25, 0.3) is 0 Å². The maximum Gasteiger partial charge on any atom is 0.166 e. The third-order valence-electron chi connectivity index (χ3n) is 2.89. The fourth-order valence-corrected chi connectivity index (χ4v) is 1.82. The Hall–Kier alpha value is -2.69. The summed E-state index contributed by atoms with van der Waals surface area (Å²) in [5.74, 6) is 0.719. The van der Waals surface area contributed by atoms with Crippen molar-refractivity contribution < 1.29 is 14.9 Å². The predicted molar refractivity (Wildman–Crippen MR) is 81.8 cm³/mol. The number of hydrazone groups is 1. The van der Waals surface area contributed by atoms with Gasteiger partial charge in [0.2, 0.25) is 0 Å². The van der Waals surface area contributed by atoms with Crippen LogP contribution in [0.5, 0.6) is 17.2 Å². The first-order valence-electron chi connectivity index (χ1n) is 6.70. The minimum absolute atomic E-state index is 0.0625. The van der Waals surface area contributed by atoms with Gasteiger partial charge in [-0.15, -0.1) is 0 Å². The third-order valence-corrected chi connectivity index (χ3v) is 2.89. The highest BCUT2D eigenvalue weighted by atomic mass is 16.5. The van der Waals surface area contributed by atoms with Crippen molar-refractivity contribution in [2.75, 3.05) is 6.61 Å². The number of rotatable bonds is 6. The van der Waals surface area contributed by atoms with Crippen LogP contribution in [0.15, 0.2) is 47.6 Å². The molecule has 5 nitrogen and oxygen atoms in total. The first kappa shape index (κ1) is 14.7. The van der Waals surface area contributed by atoms with E-state index in [0.717, 1.165) is 5.56 Å². The van der Waals surface area contributed by atoms with Crippen LogP contribution in [0.4, 0.5) is 0 Å². The van der Waals surface area contributed by atoms with Crippen LogP contribution in [-0.4, -0.2) is 23.0 Å². The Labute approximate surface area is 123 Å². The van der Waals surface area contributed by atoms with Gasteiger partial charge in [0, 0.05) is 11.1 Å². The van der Waals surface area contributed by atoms with Crippen LogP contribution in [0, 0.1) is 0 Å². The molecule has 0 aliphatic heterocycles. The summed E-state index contributed by atoms with van der Waals surface area (Å²) < 4.78 is 5.30. The molecule has 0 heterocycles. The molecule has 0 aliphatic rings. The zero-order chi connectivity index (χ0) is 15.1. The molecule has 110 valence electrons. The molecule has 2 rings (SSSR count). The van der Waals surface area contributed by atoms with Gasteiger partial charge in [-0.25, -0.2) is 0 Å². The molecule has 0 aromatic heterocycles. The molecule has 0 radical (unpaired) electrons. The second-order valence-corrected chi connectivity index (χ2v) is 4.35. The van der Waals surface area contributed by atoms with E-state index >= 15 is 0 Å². The SMILES string of the molecule is CCOc1cccc(C=NNCc2ccccc2O)c1O. The molecule has 3 N–H and O–H groups in total. The van der Waals surface area contributed by atoms with Crippen molar-refractivity contribution >= 4 is 6.21 Å². The molecule has 0 atom stereocenters. The van der Waals surface area contributed by atoms with Gasteiger partial charge < -0.3 is 20.4 Å². The van der Waals surface area contributed by atoms with Gasteiger partial charge in [-0.05, 0) is 25.1 Å². The average molecular weight is 286 g/mol. The molecule has 0 amide bonds. The summed E-state index contributed by atoms with van der Waals surface area (Å²) >= 11 is 0. The van der Waals surface area contributed by atoms with E-state index in [-0.39, 0.29) is 11.5 Å². The largest absolute Gasteiger partial charge is 0.508 e. The summed E-state index contributed by atoms with van der Waals surface area (Å²) in [4.78, 5) is 0. The highest BCUT2D eigenvalue weighted by molar-refractivity contribution is 5.84. The molecule has 0 fully saturated rings. The molecular weight excluding hydrogens is 268 g/mol. The third kappa shape index (κ3) is 3.89. The highest BCUT2D eigenvalue weighted by Crippen LogP contribution is 2.28. The first-order valence-corrected chi connectivity index (χ1v) is 6.70. The highest BCUT2D eigenvalue weighted by Gasteiger charge is 2.05. The Morgan fingerprint density at radius 1 is 1.14 bits per heavy atom. The second-order valence-electron chi connectivity index (χ2n) is 4.35. The van der Waals surface area contributed by atoms with Gasteiger partial charge >= 0.3 is 0 Å². The quantitative estimate of drug-likeness (QED) is 0.564.